The number of carbonyl (C=O) groups excluding carboxylic acids is 1. The highest BCUT2D eigenvalue weighted by molar-refractivity contribution is 14.1. The van der Waals surface area contributed by atoms with Crippen molar-refractivity contribution in [3.05, 3.63) is 29.8 Å². The van der Waals surface area contributed by atoms with Crippen LogP contribution in [0.3, 0.4) is 0 Å². The SMILES string of the molecule is O=C(NC1CC1)c1cccc(NI)c1. The maximum Gasteiger partial charge on any atom is 0.251 e. The van der Waals surface area contributed by atoms with Crippen LogP contribution in [0.15, 0.2) is 24.3 Å². The zero-order chi connectivity index (χ0) is 9.97. The summed E-state index contributed by atoms with van der Waals surface area (Å²) in [6.45, 7) is 0. The number of rotatable bonds is 3. The standard InChI is InChI=1S/C10H11IN2O/c11-13-9-3-1-2-7(6-9)10(14)12-8-4-5-8/h1-3,6,8,13H,4-5H2,(H,12,14). The van der Waals surface area contributed by atoms with Crippen molar-refractivity contribution in [3.63, 3.8) is 0 Å². The molecule has 0 unspecified atom stereocenters. The number of amides is 1. The van der Waals surface area contributed by atoms with E-state index in [0.29, 0.717) is 6.04 Å². The van der Waals surface area contributed by atoms with Gasteiger partial charge in [-0.1, -0.05) is 6.07 Å². The van der Waals surface area contributed by atoms with Crippen molar-refractivity contribution < 1.29 is 4.79 Å². The molecular weight excluding hydrogens is 291 g/mol. The normalized spacial score (nSPS) is 14.9. The fourth-order valence-electron chi connectivity index (χ4n) is 1.22. The second-order valence-electron chi connectivity index (χ2n) is 3.42. The Morgan fingerprint density at radius 3 is 2.86 bits per heavy atom. The average Bonchev–Trinajstić information content (AvgIpc) is 3.02. The van der Waals surface area contributed by atoms with E-state index in [1.54, 1.807) is 0 Å². The van der Waals surface area contributed by atoms with Gasteiger partial charge in [-0.3, -0.25) is 4.79 Å². The second kappa shape index (κ2) is 4.16. The largest absolute Gasteiger partial charge is 0.349 e. The molecule has 1 aromatic carbocycles. The lowest BCUT2D eigenvalue weighted by atomic mass is 10.2. The highest BCUT2D eigenvalue weighted by Crippen LogP contribution is 2.20. The van der Waals surface area contributed by atoms with Crippen LogP contribution in [-0.4, -0.2) is 11.9 Å². The summed E-state index contributed by atoms with van der Waals surface area (Å²) < 4.78 is 2.98. The van der Waals surface area contributed by atoms with Gasteiger partial charge in [0.1, 0.15) is 0 Å². The third-order valence-electron chi connectivity index (χ3n) is 2.15. The molecule has 1 fully saturated rings. The summed E-state index contributed by atoms with van der Waals surface area (Å²) in [4.78, 5) is 11.6. The van der Waals surface area contributed by atoms with Gasteiger partial charge in [-0.05, 0) is 31.0 Å². The molecule has 0 bridgehead atoms. The third-order valence-corrected chi connectivity index (χ3v) is 2.77. The Morgan fingerprint density at radius 1 is 1.43 bits per heavy atom. The Hall–Kier alpha value is -0.780. The first kappa shape index (κ1) is 9.76. The van der Waals surface area contributed by atoms with E-state index in [1.165, 1.54) is 0 Å². The summed E-state index contributed by atoms with van der Waals surface area (Å²) >= 11 is 2.05. The molecule has 0 heterocycles. The van der Waals surface area contributed by atoms with Gasteiger partial charge in [-0.2, -0.15) is 0 Å². The van der Waals surface area contributed by atoms with Crippen LogP contribution >= 0.6 is 22.9 Å². The van der Waals surface area contributed by atoms with Crippen molar-refractivity contribution >= 4 is 34.5 Å². The number of halogens is 1. The molecule has 2 rings (SSSR count). The number of carbonyl (C=O) groups is 1. The zero-order valence-electron chi connectivity index (χ0n) is 7.59. The fraction of sp³-hybridized carbons (Fsp3) is 0.300. The minimum absolute atomic E-state index is 0.0287. The topological polar surface area (TPSA) is 41.1 Å². The first-order chi connectivity index (χ1) is 6.79. The molecule has 2 N–H and O–H groups in total. The van der Waals surface area contributed by atoms with Crippen LogP contribution in [0, 0.1) is 0 Å². The lowest BCUT2D eigenvalue weighted by Gasteiger charge is -2.04. The summed E-state index contributed by atoms with van der Waals surface area (Å²) in [5.74, 6) is 0.0287. The number of hydrogen-bond donors (Lipinski definition) is 2. The fourth-order valence-corrected chi connectivity index (χ4v) is 1.55. The highest BCUT2D eigenvalue weighted by Gasteiger charge is 2.23. The van der Waals surface area contributed by atoms with Crippen LogP contribution in [0.1, 0.15) is 23.2 Å². The minimum Gasteiger partial charge on any atom is -0.349 e. The predicted molar refractivity (Wildman–Crippen MR) is 64.6 cm³/mol. The van der Waals surface area contributed by atoms with E-state index in [2.05, 4.69) is 8.85 Å². The van der Waals surface area contributed by atoms with Crippen molar-refractivity contribution in [2.45, 2.75) is 18.9 Å². The Morgan fingerprint density at radius 2 is 2.21 bits per heavy atom. The van der Waals surface area contributed by atoms with Crippen molar-refractivity contribution in [2.75, 3.05) is 3.53 Å². The van der Waals surface area contributed by atoms with Gasteiger partial charge in [0.2, 0.25) is 0 Å². The summed E-state index contributed by atoms with van der Waals surface area (Å²) in [5, 5.41) is 2.95. The quantitative estimate of drug-likeness (QED) is 0.665. The lowest BCUT2D eigenvalue weighted by Crippen LogP contribution is -2.25. The first-order valence-corrected chi connectivity index (χ1v) is 5.65. The van der Waals surface area contributed by atoms with Gasteiger partial charge in [-0.15, -0.1) is 0 Å². The molecular formula is C10H11IN2O. The predicted octanol–water partition coefficient (Wildman–Crippen LogP) is 2.34. The number of nitrogens with one attached hydrogen (secondary N) is 2. The monoisotopic (exact) mass is 302 g/mol. The molecule has 1 amide bonds. The molecule has 0 saturated heterocycles. The Labute approximate surface area is 96.8 Å². The van der Waals surface area contributed by atoms with Gasteiger partial charge in [-0.25, -0.2) is 0 Å². The molecule has 0 radical (unpaired) electrons. The van der Waals surface area contributed by atoms with E-state index < -0.39 is 0 Å². The van der Waals surface area contributed by atoms with Crippen LogP contribution in [0.5, 0.6) is 0 Å². The van der Waals surface area contributed by atoms with Crippen LogP contribution in [-0.2, 0) is 0 Å². The van der Waals surface area contributed by atoms with Crippen LogP contribution in [0.4, 0.5) is 5.69 Å². The molecule has 3 nitrogen and oxygen atoms in total. The van der Waals surface area contributed by atoms with Crippen molar-refractivity contribution in [2.24, 2.45) is 0 Å². The van der Waals surface area contributed by atoms with Gasteiger partial charge in [0, 0.05) is 17.3 Å². The van der Waals surface area contributed by atoms with E-state index in [0.717, 1.165) is 24.1 Å². The van der Waals surface area contributed by atoms with E-state index in [4.69, 9.17) is 0 Å². The molecule has 1 saturated carbocycles. The Bertz CT molecular complexity index is 350. The average molecular weight is 302 g/mol. The summed E-state index contributed by atoms with van der Waals surface area (Å²) in [5.41, 5.74) is 1.67. The van der Waals surface area contributed by atoms with Gasteiger partial charge in [0.25, 0.3) is 5.91 Å². The Kier molecular flexibility index (Phi) is 2.90. The molecule has 74 valence electrons. The highest BCUT2D eigenvalue weighted by atomic mass is 127. The molecule has 1 aliphatic rings. The maximum absolute atomic E-state index is 11.6. The number of anilines is 1. The molecule has 0 spiro atoms. The van der Waals surface area contributed by atoms with Gasteiger partial charge < -0.3 is 8.85 Å². The Balaban J connectivity index is 2.09. The summed E-state index contributed by atoms with van der Waals surface area (Å²) in [6, 6.07) is 7.90. The lowest BCUT2D eigenvalue weighted by molar-refractivity contribution is 0.0951. The molecule has 0 atom stereocenters. The van der Waals surface area contributed by atoms with E-state index >= 15 is 0 Å². The summed E-state index contributed by atoms with van der Waals surface area (Å²) in [7, 11) is 0. The van der Waals surface area contributed by atoms with Crippen molar-refractivity contribution in [1.82, 2.24) is 5.32 Å². The summed E-state index contributed by atoms with van der Waals surface area (Å²) in [6.07, 6.45) is 2.24. The van der Waals surface area contributed by atoms with Gasteiger partial charge in [0.05, 0.1) is 22.9 Å². The van der Waals surface area contributed by atoms with Crippen LogP contribution in [0.2, 0.25) is 0 Å². The molecule has 1 aromatic rings. The van der Waals surface area contributed by atoms with Crippen LogP contribution in [0.25, 0.3) is 0 Å². The molecule has 4 heteroatoms. The zero-order valence-corrected chi connectivity index (χ0v) is 9.74. The molecule has 14 heavy (non-hydrogen) atoms. The van der Waals surface area contributed by atoms with E-state index in [1.807, 2.05) is 47.1 Å². The third kappa shape index (κ3) is 2.37. The second-order valence-corrected chi connectivity index (χ2v) is 3.96. The molecule has 0 aromatic heterocycles. The van der Waals surface area contributed by atoms with E-state index in [9.17, 15) is 4.79 Å². The first-order valence-electron chi connectivity index (χ1n) is 4.57. The van der Waals surface area contributed by atoms with Crippen LogP contribution < -0.4 is 8.85 Å². The number of benzene rings is 1. The minimum atomic E-state index is 0.0287. The van der Waals surface area contributed by atoms with Crippen molar-refractivity contribution in [3.8, 4) is 0 Å². The maximum atomic E-state index is 11.6. The van der Waals surface area contributed by atoms with Crippen molar-refractivity contribution in [1.29, 1.82) is 0 Å². The smallest absolute Gasteiger partial charge is 0.251 e. The number of hydrogen-bond acceptors (Lipinski definition) is 2. The van der Waals surface area contributed by atoms with Gasteiger partial charge in [0.15, 0.2) is 0 Å². The molecule has 0 aliphatic heterocycles. The van der Waals surface area contributed by atoms with E-state index in [-0.39, 0.29) is 5.91 Å². The van der Waals surface area contributed by atoms with Gasteiger partial charge >= 0.3 is 0 Å². The molecule has 1 aliphatic carbocycles.